The molecule has 0 aliphatic carbocycles. The van der Waals surface area contributed by atoms with Crippen LogP contribution in [0.2, 0.25) is 0 Å². The summed E-state index contributed by atoms with van der Waals surface area (Å²) in [4.78, 5) is 25.5. The molecule has 3 amide bonds. The van der Waals surface area contributed by atoms with E-state index >= 15 is 0 Å². The van der Waals surface area contributed by atoms with E-state index in [1.807, 2.05) is 0 Å². The molecule has 0 saturated carbocycles. The zero-order chi connectivity index (χ0) is 29.4. The van der Waals surface area contributed by atoms with Gasteiger partial charge in [0.15, 0.2) is 6.23 Å². The van der Waals surface area contributed by atoms with Crippen LogP contribution in [0.1, 0.15) is 22.8 Å². The van der Waals surface area contributed by atoms with E-state index in [4.69, 9.17) is 16.0 Å². The molecule has 3 aromatic carbocycles. The van der Waals surface area contributed by atoms with Crippen molar-refractivity contribution in [2.24, 2.45) is 5.73 Å². The molecule has 1 atom stereocenters. The van der Waals surface area contributed by atoms with Gasteiger partial charge in [-0.1, -0.05) is 28.1 Å². The van der Waals surface area contributed by atoms with Crippen molar-refractivity contribution in [3.8, 4) is 16.9 Å². The number of rotatable bonds is 7. The summed E-state index contributed by atoms with van der Waals surface area (Å²) >= 11 is 3.10. The maximum absolute atomic E-state index is 13.7. The molecule has 0 bridgehead atoms. The Morgan fingerprint density at radius 2 is 1.86 bits per heavy atom. The Morgan fingerprint density at radius 3 is 2.54 bits per heavy atom. The Morgan fingerprint density at radius 1 is 1.16 bits per heavy atom. The Hall–Kier alpha value is -4.02. The molecule has 2 heterocycles. The lowest BCUT2D eigenvalue weighted by atomic mass is 10.1. The molecule has 8 nitrogen and oxygen atoms in total. The smallest absolute Gasteiger partial charge is 0.316 e. The molecule has 1 aliphatic rings. The van der Waals surface area contributed by atoms with Crippen LogP contribution < -0.4 is 11.1 Å². The van der Waals surface area contributed by atoms with Gasteiger partial charge in [0.05, 0.1) is 11.2 Å². The Labute approximate surface area is 226 Å². The molecule has 1 aliphatic heterocycles. The predicted octanol–water partition coefficient (Wildman–Crippen LogP) is 5.03. The first-order valence-electron chi connectivity index (χ1n) is 13.2. The van der Waals surface area contributed by atoms with Crippen LogP contribution in [0.15, 0.2) is 83.4 Å². The second kappa shape index (κ2) is 10.5. The number of hydrogen-bond donors (Lipinski definition) is 2. The van der Waals surface area contributed by atoms with Gasteiger partial charge in [0.25, 0.3) is 5.91 Å². The first-order valence-corrected chi connectivity index (χ1v) is 12.0. The molecule has 1 aromatic heterocycles. The summed E-state index contributed by atoms with van der Waals surface area (Å²) in [5.41, 5.74) is 7.77. The summed E-state index contributed by atoms with van der Waals surface area (Å²) in [5, 5.41) is 7.07. The zero-order valence-electron chi connectivity index (χ0n) is 23.3. The first kappa shape index (κ1) is 20.1. The van der Waals surface area contributed by atoms with E-state index in [1.54, 1.807) is 29.2 Å². The normalized spacial score (nSPS) is 16.8. The lowest BCUT2D eigenvalue weighted by molar-refractivity contribution is -0.128. The van der Waals surface area contributed by atoms with Crippen LogP contribution in [0.4, 0.5) is 14.9 Å². The van der Waals surface area contributed by atoms with Crippen molar-refractivity contribution in [1.82, 2.24) is 14.7 Å². The highest BCUT2D eigenvalue weighted by molar-refractivity contribution is 9.10. The van der Waals surface area contributed by atoms with Crippen molar-refractivity contribution < 1.29 is 24.2 Å². The van der Waals surface area contributed by atoms with Gasteiger partial charge in [-0.3, -0.25) is 4.79 Å². The third-order valence-corrected chi connectivity index (χ3v) is 6.16. The van der Waals surface area contributed by atoms with E-state index in [0.29, 0.717) is 28.9 Å². The number of primary amides is 1. The van der Waals surface area contributed by atoms with Gasteiger partial charge < -0.3 is 20.7 Å². The minimum Gasteiger partial charge on any atom is -0.351 e. The number of nitrogens with zero attached hydrogens (tertiary/aromatic N) is 3. The van der Waals surface area contributed by atoms with E-state index in [1.165, 1.54) is 35.1 Å². The van der Waals surface area contributed by atoms with Crippen LogP contribution in [0.5, 0.6) is 0 Å². The van der Waals surface area contributed by atoms with Crippen molar-refractivity contribution >= 4 is 33.6 Å². The third-order valence-electron chi connectivity index (χ3n) is 5.77. The maximum atomic E-state index is 13.7. The van der Waals surface area contributed by atoms with E-state index in [0.717, 1.165) is 5.56 Å². The molecule has 10 heteroatoms. The highest BCUT2D eigenvalue weighted by Gasteiger charge is 2.36. The molecule has 37 heavy (non-hydrogen) atoms. The maximum Gasteiger partial charge on any atom is 0.316 e. The highest BCUT2D eigenvalue weighted by atomic mass is 79.9. The minimum atomic E-state index is -0.878. The highest BCUT2D eigenvalue weighted by Crippen LogP contribution is 2.35. The predicted molar refractivity (Wildman–Crippen MR) is 140 cm³/mol. The van der Waals surface area contributed by atoms with Crippen LogP contribution in [-0.2, 0) is 16.0 Å². The molecule has 5 rings (SSSR count). The topological polar surface area (TPSA) is 102 Å². The molecular weight excluding hydrogens is 541 g/mol. The van der Waals surface area contributed by atoms with Crippen molar-refractivity contribution in [1.29, 1.82) is 0 Å². The van der Waals surface area contributed by atoms with E-state index in [9.17, 15) is 14.0 Å². The average molecular weight is 568 g/mol. The molecule has 188 valence electrons. The first-order chi connectivity index (χ1) is 19.5. The fraction of sp³-hybridized carbons (Fsp3) is 0.148. The molecule has 4 aromatic rings. The number of ether oxygens (including phenoxy) is 1. The molecule has 1 unspecified atom stereocenters. The van der Waals surface area contributed by atoms with Gasteiger partial charge in [0, 0.05) is 34.0 Å². The molecule has 1 fully saturated rings. The third kappa shape index (κ3) is 5.55. The van der Waals surface area contributed by atoms with Crippen LogP contribution >= 0.6 is 15.9 Å². The molecule has 1 saturated heterocycles. The van der Waals surface area contributed by atoms with Crippen LogP contribution in [0.3, 0.4) is 0 Å². The van der Waals surface area contributed by atoms with Crippen LogP contribution in [0, 0.1) is 5.82 Å². The van der Waals surface area contributed by atoms with Gasteiger partial charge in [0.2, 0.25) is 0 Å². The monoisotopic (exact) mass is 567 g/mol. The summed E-state index contributed by atoms with van der Waals surface area (Å²) in [7, 11) is 0. The number of nitrogens with one attached hydrogen (secondary N) is 1. The number of hydrogen-bond acceptors (Lipinski definition) is 4. The van der Waals surface area contributed by atoms with Gasteiger partial charge in [-0.05, 0) is 72.6 Å². The number of amides is 3. The number of urea groups is 1. The number of anilines is 1. The van der Waals surface area contributed by atoms with Gasteiger partial charge >= 0.3 is 6.03 Å². The number of carbonyl (C=O) groups is 2. The summed E-state index contributed by atoms with van der Waals surface area (Å²) < 4.78 is 54.2. The number of nitrogens with two attached hydrogens (primary N) is 1. The van der Waals surface area contributed by atoms with Crippen molar-refractivity contribution in [3.63, 3.8) is 0 Å². The number of benzene rings is 3. The largest absolute Gasteiger partial charge is 0.351 e. The van der Waals surface area contributed by atoms with Crippen molar-refractivity contribution in [3.05, 3.63) is 100 Å². The lowest BCUT2D eigenvalue weighted by Crippen LogP contribution is -2.30. The summed E-state index contributed by atoms with van der Waals surface area (Å²) in [6.45, 7) is 0.0964. The minimum absolute atomic E-state index is 0.0247. The SMILES string of the molecule is [2H]c1c([2H])c(-n2cc(C3OCC(=O)N3CCc3ccc(NC(N)=O)cc3)c(-c3ccc(F)cc3)n2)c([2H])c([2H])c1Br. The van der Waals surface area contributed by atoms with Gasteiger partial charge in [0.1, 0.15) is 18.1 Å². The number of halogens is 2. The lowest BCUT2D eigenvalue weighted by Gasteiger charge is -2.23. The summed E-state index contributed by atoms with van der Waals surface area (Å²) in [5.74, 6) is -0.707. The van der Waals surface area contributed by atoms with Crippen LogP contribution in [0.25, 0.3) is 16.9 Å². The fourth-order valence-electron chi connectivity index (χ4n) is 4.02. The van der Waals surface area contributed by atoms with E-state index in [-0.39, 0.29) is 53.4 Å². The standard InChI is InChI=1S/C27H23BrFN5O3/c28-19-5-11-22(12-6-19)34-15-23(25(32-34)18-3-7-20(29)8-4-18)26-33(24(35)16-37-26)14-13-17-1-9-21(10-2-17)31-27(30)36/h1-12,15,26H,13-14,16H2,(H3,30,31,36)/i5D,6D,11D,12D. The second-order valence-electron chi connectivity index (χ2n) is 8.23. The summed E-state index contributed by atoms with van der Waals surface area (Å²) in [6, 6.07) is 10.7. The quantitative estimate of drug-likeness (QED) is 0.327. The summed E-state index contributed by atoms with van der Waals surface area (Å²) in [6.07, 6.45) is 1.10. The molecule has 3 N–H and O–H groups in total. The van der Waals surface area contributed by atoms with Crippen LogP contribution in [-0.4, -0.2) is 39.8 Å². The van der Waals surface area contributed by atoms with Gasteiger partial charge in [-0.25, -0.2) is 13.9 Å². The fourth-order valence-corrected chi connectivity index (χ4v) is 4.22. The van der Waals surface area contributed by atoms with Gasteiger partial charge in [-0.15, -0.1) is 0 Å². The van der Waals surface area contributed by atoms with Crippen molar-refractivity contribution in [2.75, 3.05) is 18.5 Å². The Bertz CT molecular complexity index is 1620. The average Bonchev–Trinajstić information content (AvgIpc) is 3.54. The van der Waals surface area contributed by atoms with Crippen molar-refractivity contribution in [2.45, 2.75) is 12.6 Å². The number of aromatic nitrogens is 2. The zero-order valence-corrected chi connectivity index (χ0v) is 20.9. The van der Waals surface area contributed by atoms with Gasteiger partial charge in [-0.2, -0.15) is 5.10 Å². The molecule has 0 radical (unpaired) electrons. The second-order valence-corrected chi connectivity index (χ2v) is 9.03. The number of carbonyl (C=O) groups excluding carboxylic acids is 2. The molecular formula is C27H23BrFN5O3. The Kier molecular flexibility index (Phi) is 5.72. The Balaban J connectivity index is 1.53. The van der Waals surface area contributed by atoms with E-state index < -0.39 is 18.1 Å². The van der Waals surface area contributed by atoms with E-state index in [2.05, 4.69) is 26.3 Å². The molecule has 0 spiro atoms.